The van der Waals surface area contributed by atoms with Gasteiger partial charge >= 0.3 is 0 Å². The summed E-state index contributed by atoms with van der Waals surface area (Å²) in [5.74, 6) is 0. The lowest BCUT2D eigenvalue weighted by molar-refractivity contribution is 1.44. The van der Waals surface area contributed by atoms with Crippen LogP contribution in [0.4, 0.5) is 0 Å². The van der Waals surface area contributed by atoms with Gasteiger partial charge in [-0.1, -0.05) is 66.2 Å². The van der Waals surface area contributed by atoms with Gasteiger partial charge in [0.15, 0.2) is 0 Å². The van der Waals surface area contributed by atoms with Crippen LogP contribution in [0.1, 0.15) is 22.3 Å². The van der Waals surface area contributed by atoms with Gasteiger partial charge < -0.3 is 0 Å². The molecule has 0 aliphatic heterocycles. The van der Waals surface area contributed by atoms with E-state index in [-0.39, 0.29) is 0 Å². The molecule has 0 spiro atoms. The molecule has 0 aliphatic rings. The highest BCUT2D eigenvalue weighted by Gasteiger charge is 1.91. The first kappa shape index (κ1) is 10.7. The Labute approximate surface area is 97.3 Å². The van der Waals surface area contributed by atoms with Crippen molar-refractivity contribution in [2.24, 2.45) is 0 Å². The number of aryl methyl sites for hydroxylation is 2. The smallest absolute Gasteiger partial charge is 0.0227 e. The number of hydrogen-bond acceptors (Lipinski definition) is 0. The summed E-state index contributed by atoms with van der Waals surface area (Å²) < 4.78 is 0. The normalized spacial score (nSPS) is 10.9. The van der Waals surface area contributed by atoms with E-state index in [1.165, 1.54) is 22.3 Å². The molecule has 2 aromatic carbocycles. The molecular formula is C16H16. The molecule has 0 aliphatic carbocycles. The van der Waals surface area contributed by atoms with Gasteiger partial charge in [-0.05, 0) is 30.5 Å². The molecule has 0 nitrogen and oxygen atoms in total. The number of benzene rings is 2. The molecule has 80 valence electrons. The Morgan fingerprint density at radius 1 is 0.812 bits per heavy atom. The molecule has 0 heterocycles. The average molecular weight is 208 g/mol. The Kier molecular flexibility index (Phi) is 3.21. The first-order valence-electron chi connectivity index (χ1n) is 5.56. The van der Waals surface area contributed by atoms with Crippen LogP contribution in [0.3, 0.4) is 0 Å². The van der Waals surface area contributed by atoms with E-state index >= 15 is 0 Å². The SMILES string of the molecule is Cc1cccc(/C=C\c2ccccc2C)c1. The van der Waals surface area contributed by atoms with E-state index < -0.39 is 0 Å². The third-order valence-corrected chi connectivity index (χ3v) is 2.69. The second kappa shape index (κ2) is 4.80. The van der Waals surface area contributed by atoms with Crippen LogP contribution in [0.2, 0.25) is 0 Å². The third-order valence-electron chi connectivity index (χ3n) is 2.69. The Hall–Kier alpha value is -1.82. The summed E-state index contributed by atoms with van der Waals surface area (Å²) in [4.78, 5) is 0. The predicted octanol–water partition coefficient (Wildman–Crippen LogP) is 4.47. The van der Waals surface area contributed by atoms with Crippen molar-refractivity contribution in [3.05, 3.63) is 70.8 Å². The Balaban J connectivity index is 2.25. The molecule has 0 aromatic heterocycles. The van der Waals surface area contributed by atoms with Crippen molar-refractivity contribution < 1.29 is 0 Å². The van der Waals surface area contributed by atoms with Gasteiger partial charge in [0.05, 0.1) is 0 Å². The summed E-state index contributed by atoms with van der Waals surface area (Å²) in [5, 5.41) is 0. The maximum Gasteiger partial charge on any atom is -0.0227 e. The van der Waals surface area contributed by atoms with Crippen LogP contribution in [0.25, 0.3) is 12.2 Å². The largest absolute Gasteiger partial charge is 0.0620 e. The summed E-state index contributed by atoms with van der Waals surface area (Å²) in [6.45, 7) is 4.25. The molecule has 2 aromatic rings. The maximum absolute atomic E-state index is 2.19. The minimum absolute atomic E-state index is 1.25. The van der Waals surface area contributed by atoms with Crippen LogP contribution in [-0.4, -0.2) is 0 Å². The highest BCUT2D eigenvalue weighted by atomic mass is 14.0. The molecule has 2 rings (SSSR count). The molecule has 0 bridgehead atoms. The van der Waals surface area contributed by atoms with Crippen LogP contribution in [0.5, 0.6) is 0 Å². The van der Waals surface area contributed by atoms with Crippen molar-refractivity contribution in [3.8, 4) is 0 Å². The zero-order chi connectivity index (χ0) is 11.4. The molecular weight excluding hydrogens is 192 g/mol. The topological polar surface area (TPSA) is 0 Å². The van der Waals surface area contributed by atoms with Crippen LogP contribution < -0.4 is 0 Å². The highest BCUT2D eigenvalue weighted by Crippen LogP contribution is 2.12. The van der Waals surface area contributed by atoms with E-state index in [0.717, 1.165) is 0 Å². The molecule has 16 heavy (non-hydrogen) atoms. The lowest BCUT2D eigenvalue weighted by Crippen LogP contribution is -1.78. The fourth-order valence-electron chi connectivity index (χ4n) is 1.73. The molecule has 0 atom stereocenters. The Morgan fingerprint density at radius 3 is 2.38 bits per heavy atom. The summed E-state index contributed by atoms with van der Waals surface area (Å²) in [6.07, 6.45) is 4.33. The summed E-state index contributed by atoms with van der Waals surface area (Å²) in [7, 11) is 0. The van der Waals surface area contributed by atoms with Gasteiger partial charge in [0.2, 0.25) is 0 Å². The van der Waals surface area contributed by atoms with E-state index in [1.54, 1.807) is 0 Å². The van der Waals surface area contributed by atoms with E-state index in [2.05, 4.69) is 74.5 Å². The van der Waals surface area contributed by atoms with Gasteiger partial charge in [0, 0.05) is 0 Å². The van der Waals surface area contributed by atoms with Crippen molar-refractivity contribution >= 4 is 12.2 Å². The van der Waals surface area contributed by atoms with Gasteiger partial charge in [0.25, 0.3) is 0 Å². The predicted molar refractivity (Wildman–Crippen MR) is 71.3 cm³/mol. The van der Waals surface area contributed by atoms with Crippen molar-refractivity contribution in [1.29, 1.82) is 0 Å². The van der Waals surface area contributed by atoms with Crippen LogP contribution in [0, 0.1) is 13.8 Å². The zero-order valence-corrected chi connectivity index (χ0v) is 9.77. The van der Waals surface area contributed by atoms with E-state index in [1.807, 2.05) is 0 Å². The van der Waals surface area contributed by atoms with Crippen molar-refractivity contribution in [3.63, 3.8) is 0 Å². The standard InChI is InChI=1S/C16H16/c1-13-6-5-8-15(12-13)10-11-16-9-4-3-7-14(16)2/h3-12H,1-2H3/b11-10-. The molecule has 0 unspecified atom stereocenters. The first-order valence-corrected chi connectivity index (χ1v) is 5.56. The van der Waals surface area contributed by atoms with E-state index in [9.17, 15) is 0 Å². The number of rotatable bonds is 2. The van der Waals surface area contributed by atoms with E-state index in [4.69, 9.17) is 0 Å². The van der Waals surface area contributed by atoms with Gasteiger partial charge in [0.1, 0.15) is 0 Å². The minimum Gasteiger partial charge on any atom is -0.0620 e. The van der Waals surface area contributed by atoms with Gasteiger partial charge in [-0.25, -0.2) is 0 Å². The molecule has 0 saturated carbocycles. The summed E-state index contributed by atoms with van der Waals surface area (Å²) >= 11 is 0. The summed E-state index contributed by atoms with van der Waals surface area (Å²) in [5.41, 5.74) is 5.14. The molecule has 0 heteroatoms. The zero-order valence-electron chi connectivity index (χ0n) is 9.77. The van der Waals surface area contributed by atoms with Crippen LogP contribution >= 0.6 is 0 Å². The Morgan fingerprint density at radius 2 is 1.62 bits per heavy atom. The molecule has 0 saturated heterocycles. The van der Waals surface area contributed by atoms with Crippen molar-refractivity contribution in [2.75, 3.05) is 0 Å². The highest BCUT2D eigenvalue weighted by molar-refractivity contribution is 5.71. The van der Waals surface area contributed by atoms with Gasteiger partial charge in [-0.15, -0.1) is 0 Å². The van der Waals surface area contributed by atoms with Crippen molar-refractivity contribution in [2.45, 2.75) is 13.8 Å². The Bertz CT molecular complexity index is 507. The molecule has 0 radical (unpaired) electrons. The first-order chi connectivity index (χ1) is 7.75. The third kappa shape index (κ3) is 2.60. The second-order valence-electron chi connectivity index (χ2n) is 4.10. The van der Waals surface area contributed by atoms with Crippen LogP contribution in [-0.2, 0) is 0 Å². The van der Waals surface area contributed by atoms with Crippen LogP contribution in [0.15, 0.2) is 48.5 Å². The lowest BCUT2D eigenvalue weighted by Gasteiger charge is -1.99. The van der Waals surface area contributed by atoms with Gasteiger partial charge in [-0.3, -0.25) is 0 Å². The molecule has 0 amide bonds. The molecule has 0 N–H and O–H groups in total. The number of hydrogen-bond donors (Lipinski definition) is 0. The fraction of sp³-hybridized carbons (Fsp3) is 0.125. The quantitative estimate of drug-likeness (QED) is 0.638. The summed E-state index contributed by atoms with van der Waals surface area (Å²) in [6, 6.07) is 16.9. The minimum atomic E-state index is 1.25. The van der Waals surface area contributed by atoms with Gasteiger partial charge in [-0.2, -0.15) is 0 Å². The molecule has 0 fully saturated rings. The van der Waals surface area contributed by atoms with Crippen molar-refractivity contribution in [1.82, 2.24) is 0 Å². The average Bonchev–Trinajstić information content (AvgIpc) is 2.28. The van der Waals surface area contributed by atoms with E-state index in [0.29, 0.717) is 0 Å². The lowest BCUT2D eigenvalue weighted by atomic mass is 10.1. The maximum atomic E-state index is 2.19. The monoisotopic (exact) mass is 208 g/mol. The fourth-order valence-corrected chi connectivity index (χ4v) is 1.73. The second-order valence-corrected chi connectivity index (χ2v) is 4.10.